The molecule has 0 bridgehead atoms. The number of rotatable bonds is 2. The Labute approximate surface area is 107 Å². The van der Waals surface area contributed by atoms with Crippen LogP contribution in [-0.4, -0.2) is 4.98 Å². The first kappa shape index (κ1) is 11.5. The van der Waals surface area contributed by atoms with E-state index in [2.05, 4.69) is 27.0 Å². The highest BCUT2D eigenvalue weighted by molar-refractivity contribution is 9.10. The lowest BCUT2D eigenvalue weighted by Gasteiger charge is -2.06. The topological polar surface area (TPSA) is 38.9 Å². The van der Waals surface area contributed by atoms with Gasteiger partial charge in [-0.05, 0) is 46.6 Å². The third kappa shape index (κ3) is 2.57. The zero-order valence-corrected chi connectivity index (χ0v) is 11.2. The van der Waals surface area contributed by atoms with E-state index >= 15 is 0 Å². The fourth-order valence-electron chi connectivity index (χ4n) is 1.32. The van der Waals surface area contributed by atoms with Crippen molar-refractivity contribution in [2.75, 3.05) is 5.73 Å². The van der Waals surface area contributed by atoms with Crippen LogP contribution in [0.2, 0.25) is 0 Å². The first-order valence-corrected chi connectivity index (χ1v) is 6.42. The van der Waals surface area contributed by atoms with Crippen LogP contribution < -0.4 is 5.73 Å². The van der Waals surface area contributed by atoms with Gasteiger partial charge in [0.05, 0.1) is 11.9 Å². The number of halogens is 1. The average Bonchev–Trinajstić information content (AvgIpc) is 2.25. The van der Waals surface area contributed by atoms with E-state index < -0.39 is 0 Å². The molecule has 1 heterocycles. The molecule has 0 radical (unpaired) electrons. The summed E-state index contributed by atoms with van der Waals surface area (Å²) in [6.07, 6.45) is 1.69. The second-order valence-corrected chi connectivity index (χ2v) is 5.31. The molecular weight excluding hydrogens is 284 g/mol. The Morgan fingerprint density at radius 2 is 2.06 bits per heavy atom. The number of anilines is 1. The average molecular weight is 295 g/mol. The van der Waals surface area contributed by atoms with Crippen molar-refractivity contribution >= 4 is 33.4 Å². The summed E-state index contributed by atoms with van der Waals surface area (Å²) in [5.41, 5.74) is 7.47. The molecule has 82 valence electrons. The van der Waals surface area contributed by atoms with Crippen molar-refractivity contribution in [1.29, 1.82) is 0 Å². The van der Waals surface area contributed by atoms with Crippen molar-refractivity contribution in [2.45, 2.75) is 16.8 Å². The lowest BCUT2D eigenvalue weighted by molar-refractivity contribution is 1.08. The summed E-state index contributed by atoms with van der Waals surface area (Å²) in [7, 11) is 0. The van der Waals surface area contributed by atoms with E-state index in [1.165, 1.54) is 0 Å². The van der Waals surface area contributed by atoms with Gasteiger partial charge in [0.15, 0.2) is 0 Å². The van der Waals surface area contributed by atoms with Gasteiger partial charge in [-0.3, -0.25) is 0 Å². The third-order valence-electron chi connectivity index (χ3n) is 2.09. The van der Waals surface area contributed by atoms with E-state index in [-0.39, 0.29) is 0 Å². The zero-order valence-electron chi connectivity index (χ0n) is 8.77. The van der Waals surface area contributed by atoms with Crippen molar-refractivity contribution in [3.8, 4) is 0 Å². The standard InChI is InChI=1S/C12H11BrN2S/c1-8-6-9(14)7-15-12(8)16-11-5-3-2-4-10(11)13/h2-7H,14H2,1H3. The van der Waals surface area contributed by atoms with Crippen LogP contribution in [0.15, 0.2) is 50.9 Å². The van der Waals surface area contributed by atoms with Crippen molar-refractivity contribution in [1.82, 2.24) is 4.98 Å². The van der Waals surface area contributed by atoms with Gasteiger partial charge in [0.1, 0.15) is 5.03 Å². The molecular formula is C12H11BrN2S. The summed E-state index contributed by atoms with van der Waals surface area (Å²) in [6.45, 7) is 2.02. The monoisotopic (exact) mass is 294 g/mol. The number of benzene rings is 1. The SMILES string of the molecule is Cc1cc(N)cnc1Sc1ccccc1Br. The summed E-state index contributed by atoms with van der Waals surface area (Å²) in [4.78, 5) is 5.49. The molecule has 0 fully saturated rings. The Balaban J connectivity index is 2.31. The number of aromatic nitrogens is 1. The molecule has 0 saturated heterocycles. The molecule has 16 heavy (non-hydrogen) atoms. The molecule has 1 aromatic carbocycles. The predicted octanol–water partition coefficient (Wildman–Crippen LogP) is 3.89. The van der Waals surface area contributed by atoms with Crippen LogP contribution in [0.5, 0.6) is 0 Å². The fourth-order valence-corrected chi connectivity index (χ4v) is 2.70. The number of hydrogen-bond donors (Lipinski definition) is 1. The Kier molecular flexibility index (Phi) is 3.51. The molecule has 0 aliphatic rings. The van der Waals surface area contributed by atoms with Gasteiger partial charge in [0.25, 0.3) is 0 Å². The predicted molar refractivity (Wildman–Crippen MR) is 71.7 cm³/mol. The van der Waals surface area contributed by atoms with E-state index in [9.17, 15) is 0 Å². The molecule has 0 spiro atoms. The van der Waals surface area contributed by atoms with Gasteiger partial charge >= 0.3 is 0 Å². The van der Waals surface area contributed by atoms with Gasteiger partial charge in [-0.25, -0.2) is 4.98 Å². The van der Waals surface area contributed by atoms with Crippen LogP contribution in [0.3, 0.4) is 0 Å². The maximum atomic E-state index is 5.67. The molecule has 2 nitrogen and oxygen atoms in total. The molecule has 0 atom stereocenters. The highest BCUT2D eigenvalue weighted by Gasteiger charge is 2.05. The molecule has 1 aromatic heterocycles. The van der Waals surface area contributed by atoms with E-state index in [1.54, 1.807) is 18.0 Å². The van der Waals surface area contributed by atoms with Crippen molar-refractivity contribution in [3.05, 3.63) is 46.6 Å². The fraction of sp³-hybridized carbons (Fsp3) is 0.0833. The first-order chi connectivity index (χ1) is 7.66. The summed E-state index contributed by atoms with van der Waals surface area (Å²) in [5, 5.41) is 0.987. The van der Waals surface area contributed by atoms with E-state index in [0.717, 1.165) is 20.0 Å². The number of hydrogen-bond acceptors (Lipinski definition) is 3. The summed E-state index contributed by atoms with van der Waals surface area (Å²) in [6, 6.07) is 10.0. The maximum absolute atomic E-state index is 5.67. The molecule has 0 amide bonds. The van der Waals surface area contributed by atoms with Crippen LogP contribution in [0.25, 0.3) is 0 Å². The van der Waals surface area contributed by atoms with Gasteiger partial charge in [0.2, 0.25) is 0 Å². The number of pyridine rings is 1. The summed E-state index contributed by atoms with van der Waals surface area (Å²) in [5.74, 6) is 0. The van der Waals surface area contributed by atoms with Crippen LogP contribution in [0, 0.1) is 6.92 Å². The Morgan fingerprint density at radius 1 is 1.31 bits per heavy atom. The Hall–Kier alpha value is -1.00. The zero-order chi connectivity index (χ0) is 11.5. The van der Waals surface area contributed by atoms with Gasteiger partial charge in [-0.2, -0.15) is 0 Å². The lowest BCUT2D eigenvalue weighted by Crippen LogP contribution is -1.91. The molecule has 0 aliphatic carbocycles. The highest BCUT2D eigenvalue weighted by Crippen LogP contribution is 2.33. The molecule has 2 N–H and O–H groups in total. The smallest absolute Gasteiger partial charge is 0.104 e. The second kappa shape index (κ2) is 4.89. The van der Waals surface area contributed by atoms with E-state index in [0.29, 0.717) is 5.69 Å². The maximum Gasteiger partial charge on any atom is 0.104 e. The van der Waals surface area contributed by atoms with Gasteiger partial charge in [-0.1, -0.05) is 23.9 Å². The number of nitrogens with two attached hydrogens (primary N) is 1. The Morgan fingerprint density at radius 3 is 2.75 bits per heavy atom. The number of nitrogens with zero attached hydrogens (tertiary/aromatic N) is 1. The summed E-state index contributed by atoms with van der Waals surface area (Å²) < 4.78 is 1.08. The van der Waals surface area contributed by atoms with Crippen LogP contribution in [0.1, 0.15) is 5.56 Å². The van der Waals surface area contributed by atoms with Gasteiger partial charge in [-0.15, -0.1) is 0 Å². The van der Waals surface area contributed by atoms with Crippen molar-refractivity contribution in [2.24, 2.45) is 0 Å². The number of aryl methyl sites for hydroxylation is 1. The van der Waals surface area contributed by atoms with E-state index in [1.807, 2.05) is 31.2 Å². The van der Waals surface area contributed by atoms with Crippen molar-refractivity contribution < 1.29 is 0 Å². The quantitative estimate of drug-likeness (QED) is 0.913. The molecule has 2 rings (SSSR count). The molecule has 0 saturated carbocycles. The summed E-state index contributed by atoms with van der Waals surface area (Å²) >= 11 is 5.16. The van der Waals surface area contributed by atoms with Crippen LogP contribution in [-0.2, 0) is 0 Å². The molecule has 0 unspecified atom stereocenters. The minimum Gasteiger partial charge on any atom is -0.397 e. The minimum absolute atomic E-state index is 0.703. The first-order valence-electron chi connectivity index (χ1n) is 4.81. The molecule has 2 aromatic rings. The molecule has 4 heteroatoms. The second-order valence-electron chi connectivity index (χ2n) is 3.42. The van der Waals surface area contributed by atoms with E-state index in [4.69, 9.17) is 5.73 Å². The van der Waals surface area contributed by atoms with Crippen LogP contribution >= 0.6 is 27.7 Å². The molecule has 0 aliphatic heterocycles. The normalized spacial score (nSPS) is 10.4. The number of nitrogen functional groups attached to an aromatic ring is 1. The Bertz CT molecular complexity index is 514. The van der Waals surface area contributed by atoms with Gasteiger partial charge < -0.3 is 5.73 Å². The largest absolute Gasteiger partial charge is 0.397 e. The minimum atomic E-state index is 0.703. The highest BCUT2D eigenvalue weighted by atomic mass is 79.9. The third-order valence-corrected chi connectivity index (χ3v) is 4.25. The van der Waals surface area contributed by atoms with Crippen molar-refractivity contribution in [3.63, 3.8) is 0 Å². The van der Waals surface area contributed by atoms with Gasteiger partial charge in [0, 0.05) is 9.37 Å². The van der Waals surface area contributed by atoms with Crippen LogP contribution in [0.4, 0.5) is 5.69 Å². The lowest BCUT2D eigenvalue weighted by atomic mass is 10.3.